The van der Waals surface area contributed by atoms with E-state index < -0.39 is 10.0 Å². The van der Waals surface area contributed by atoms with Gasteiger partial charge in [-0.2, -0.15) is 4.31 Å². The summed E-state index contributed by atoms with van der Waals surface area (Å²) >= 11 is 0. The van der Waals surface area contributed by atoms with Crippen LogP contribution in [0.5, 0.6) is 0 Å². The van der Waals surface area contributed by atoms with E-state index in [9.17, 15) is 13.2 Å². The topological polar surface area (TPSA) is 81.8 Å². The lowest BCUT2D eigenvalue weighted by molar-refractivity contribution is 0.222. The predicted molar refractivity (Wildman–Crippen MR) is 117 cm³/mol. The van der Waals surface area contributed by atoms with Crippen molar-refractivity contribution in [2.45, 2.75) is 30.2 Å². The molecule has 0 spiro atoms. The third kappa shape index (κ3) is 4.35. The second-order valence-corrected chi connectivity index (χ2v) is 10.4. The number of anilines is 1. The Morgan fingerprint density at radius 3 is 2.23 bits per heavy atom. The quantitative estimate of drug-likeness (QED) is 0.783. The first-order valence-corrected chi connectivity index (χ1v) is 11.6. The molecule has 1 aliphatic carbocycles. The number of hydrogen-bond donors (Lipinski definition) is 2. The third-order valence-electron chi connectivity index (χ3n) is 5.89. The minimum absolute atomic E-state index is 0.198. The van der Waals surface area contributed by atoms with Crippen LogP contribution in [0.25, 0.3) is 0 Å². The molecule has 2 amide bonds. The summed E-state index contributed by atoms with van der Waals surface area (Å²) in [6.45, 7) is 4.38. The fourth-order valence-electron chi connectivity index (χ4n) is 4.24. The molecular weight excluding hydrogens is 400 g/mol. The van der Waals surface area contributed by atoms with Crippen LogP contribution in [0, 0.1) is 0 Å². The van der Waals surface area contributed by atoms with Gasteiger partial charge in [0.1, 0.15) is 0 Å². The van der Waals surface area contributed by atoms with E-state index >= 15 is 0 Å². The highest BCUT2D eigenvalue weighted by molar-refractivity contribution is 7.89. The molecular formula is C22H28N4O3S. The van der Waals surface area contributed by atoms with Gasteiger partial charge in [0.2, 0.25) is 10.0 Å². The van der Waals surface area contributed by atoms with Crippen molar-refractivity contribution < 1.29 is 13.2 Å². The van der Waals surface area contributed by atoms with Crippen LogP contribution >= 0.6 is 0 Å². The summed E-state index contributed by atoms with van der Waals surface area (Å²) in [7, 11) is -1.60. The van der Waals surface area contributed by atoms with Crippen LogP contribution in [0.1, 0.15) is 18.1 Å². The molecule has 30 heavy (non-hydrogen) atoms. The second kappa shape index (κ2) is 8.02. The third-order valence-corrected chi connectivity index (χ3v) is 7.78. The highest BCUT2D eigenvalue weighted by Crippen LogP contribution is 2.29. The van der Waals surface area contributed by atoms with E-state index in [1.165, 1.54) is 21.5 Å². The van der Waals surface area contributed by atoms with E-state index in [4.69, 9.17) is 0 Å². The maximum Gasteiger partial charge on any atom is 0.319 e. The van der Waals surface area contributed by atoms with Crippen LogP contribution < -0.4 is 10.6 Å². The average Bonchev–Trinajstić information content (AvgIpc) is 3.03. The Kier molecular flexibility index (Phi) is 5.57. The van der Waals surface area contributed by atoms with Gasteiger partial charge in [0, 0.05) is 37.4 Å². The van der Waals surface area contributed by atoms with Gasteiger partial charge in [0.25, 0.3) is 0 Å². The van der Waals surface area contributed by atoms with Gasteiger partial charge < -0.3 is 15.5 Å². The molecule has 2 N–H and O–H groups in total. The zero-order valence-electron chi connectivity index (χ0n) is 17.4. The van der Waals surface area contributed by atoms with Crippen molar-refractivity contribution in [3.8, 4) is 0 Å². The predicted octanol–water partition coefficient (Wildman–Crippen LogP) is 2.30. The number of amides is 2. The van der Waals surface area contributed by atoms with Gasteiger partial charge in [-0.3, -0.25) is 0 Å². The summed E-state index contributed by atoms with van der Waals surface area (Å²) in [5.41, 5.74) is 2.60. The number of nitrogens with zero attached hydrogens (tertiary/aromatic N) is 2. The Morgan fingerprint density at radius 1 is 0.967 bits per heavy atom. The molecule has 0 atom stereocenters. The standard InChI is InChI=1S/C22H28N4O3S/c1-22(15-17-6-3-4-7-18(17)16-22)24-21(27)23-19-8-5-9-20(14-19)30(28,29)26-12-10-25(2)11-13-26/h3-9,14H,10-13,15-16H2,1-2H3,(H2,23,24,27). The number of hydrogen-bond acceptors (Lipinski definition) is 4. The van der Waals surface area contributed by atoms with Crippen LogP contribution in [-0.4, -0.2) is 62.4 Å². The van der Waals surface area contributed by atoms with E-state index in [1.54, 1.807) is 18.2 Å². The molecule has 1 aliphatic heterocycles. The Hall–Kier alpha value is -2.42. The molecule has 2 aliphatic rings. The van der Waals surface area contributed by atoms with Crippen LogP contribution in [0.3, 0.4) is 0 Å². The molecule has 160 valence electrons. The molecule has 2 aromatic carbocycles. The lowest BCUT2D eigenvalue weighted by Crippen LogP contribution is -2.48. The molecule has 0 radical (unpaired) electrons. The minimum Gasteiger partial charge on any atom is -0.332 e. The van der Waals surface area contributed by atoms with Crippen molar-refractivity contribution in [2.24, 2.45) is 0 Å². The molecule has 1 saturated heterocycles. The molecule has 2 aromatic rings. The summed E-state index contributed by atoms with van der Waals surface area (Å²) in [6, 6.07) is 14.3. The van der Waals surface area contributed by atoms with Crippen molar-refractivity contribution in [2.75, 3.05) is 38.5 Å². The van der Waals surface area contributed by atoms with Gasteiger partial charge in [-0.1, -0.05) is 30.3 Å². The number of piperazine rings is 1. The number of likely N-dealkylation sites (N-methyl/N-ethyl adjacent to an activating group) is 1. The normalized spacial score (nSPS) is 19.3. The smallest absolute Gasteiger partial charge is 0.319 e. The zero-order valence-corrected chi connectivity index (χ0v) is 18.2. The van der Waals surface area contributed by atoms with Crippen molar-refractivity contribution in [1.82, 2.24) is 14.5 Å². The van der Waals surface area contributed by atoms with Gasteiger partial charge in [0.05, 0.1) is 4.90 Å². The molecule has 0 bridgehead atoms. The van der Waals surface area contributed by atoms with E-state index in [0.29, 0.717) is 31.9 Å². The molecule has 1 fully saturated rings. The lowest BCUT2D eigenvalue weighted by Gasteiger charge is -2.31. The van der Waals surface area contributed by atoms with E-state index in [-0.39, 0.29) is 16.5 Å². The second-order valence-electron chi connectivity index (χ2n) is 8.50. The van der Waals surface area contributed by atoms with Crippen molar-refractivity contribution in [3.05, 3.63) is 59.7 Å². The maximum atomic E-state index is 13.0. The van der Waals surface area contributed by atoms with Gasteiger partial charge in [0.15, 0.2) is 0 Å². The van der Waals surface area contributed by atoms with Crippen LogP contribution in [0.15, 0.2) is 53.4 Å². The molecule has 1 heterocycles. The van der Waals surface area contributed by atoms with Crippen molar-refractivity contribution >= 4 is 21.7 Å². The van der Waals surface area contributed by atoms with Gasteiger partial charge >= 0.3 is 6.03 Å². The molecule has 8 heteroatoms. The number of nitrogens with one attached hydrogen (secondary N) is 2. The van der Waals surface area contributed by atoms with Crippen LogP contribution in [0.4, 0.5) is 10.5 Å². The van der Waals surface area contributed by atoms with E-state index in [0.717, 1.165) is 12.8 Å². The Balaban J connectivity index is 1.43. The zero-order chi connectivity index (χ0) is 21.4. The summed E-state index contributed by atoms with van der Waals surface area (Å²) in [5.74, 6) is 0. The molecule has 4 rings (SSSR count). The monoisotopic (exact) mass is 428 g/mol. The number of carbonyl (C=O) groups is 1. The van der Waals surface area contributed by atoms with Crippen LogP contribution in [-0.2, 0) is 22.9 Å². The number of rotatable bonds is 4. The number of fused-ring (bicyclic) bond motifs is 1. The van der Waals surface area contributed by atoms with Crippen molar-refractivity contribution in [3.63, 3.8) is 0 Å². The summed E-state index contributed by atoms with van der Waals surface area (Å²) < 4.78 is 27.4. The maximum absolute atomic E-state index is 13.0. The number of carbonyl (C=O) groups excluding carboxylic acids is 1. The van der Waals surface area contributed by atoms with E-state index in [2.05, 4.69) is 27.7 Å². The number of urea groups is 1. The van der Waals surface area contributed by atoms with Gasteiger partial charge in [-0.05, 0) is 56.1 Å². The summed E-state index contributed by atoms with van der Waals surface area (Å²) in [5, 5.41) is 5.86. The first-order valence-electron chi connectivity index (χ1n) is 10.2. The van der Waals surface area contributed by atoms with Crippen LogP contribution in [0.2, 0.25) is 0 Å². The highest BCUT2D eigenvalue weighted by Gasteiger charge is 2.34. The molecule has 0 unspecified atom stereocenters. The average molecular weight is 429 g/mol. The molecule has 0 saturated carbocycles. The Bertz CT molecular complexity index is 1020. The fraction of sp³-hybridized carbons (Fsp3) is 0.409. The van der Waals surface area contributed by atoms with Gasteiger partial charge in [-0.25, -0.2) is 13.2 Å². The minimum atomic E-state index is -3.58. The first-order chi connectivity index (χ1) is 14.2. The lowest BCUT2D eigenvalue weighted by atomic mass is 9.99. The summed E-state index contributed by atoms with van der Waals surface area (Å²) in [6.07, 6.45) is 1.54. The van der Waals surface area contributed by atoms with Crippen molar-refractivity contribution in [1.29, 1.82) is 0 Å². The number of benzene rings is 2. The number of sulfonamides is 1. The SMILES string of the molecule is CN1CCN(S(=O)(=O)c2cccc(NC(=O)NC3(C)Cc4ccccc4C3)c2)CC1. The summed E-state index contributed by atoms with van der Waals surface area (Å²) in [4.78, 5) is 14.9. The largest absolute Gasteiger partial charge is 0.332 e. The Morgan fingerprint density at radius 2 is 1.60 bits per heavy atom. The van der Waals surface area contributed by atoms with Gasteiger partial charge in [-0.15, -0.1) is 0 Å². The fourth-order valence-corrected chi connectivity index (χ4v) is 5.71. The highest BCUT2D eigenvalue weighted by atomic mass is 32.2. The Labute approximate surface area is 178 Å². The first kappa shape index (κ1) is 20.8. The molecule has 7 nitrogen and oxygen atoms in total. The van der Waals surface area contributed by atoms with E-state index in [1.807, 2.05) is 26.1 Å². The molecule has 0 aromatic heterocycles.